The third-order valence-corrected chi connectivity index (χ3v) is 3.53. The molecule has 0 aromatic heterocycles. The number of hydrogen-bond acceptors (Lipinski definition) is 4. The summed E-state index contributed by atoms with van der Waals surface area (Å²) in [5.41, 5.74) is -0.0686. The molecule has 0 aromatic carbocycles. The lowest BCUT2D eigenvalue weighted by Crippen LogP contribution is -2.47. The maximum atomic E-state index is 9.71. The average molecular weight is 259 g/mol. The summed E-state index contributed by atoms with van der Waals surface area (Å²) in [6.07, 6.45) is 2.12. The average Bonchev–Trinajstić information content (AvgIpc) is 2.36. The van der Waals surface area contributed by atoms with E-state index in [1.165, 1.54) is 0 Å². The molecule has 0 bridgehead atoms. The van der Waals surface area contributed by atoms with Crippen LogP contribution in [0.4, 0.5) is 0 Å². The molecular weight excluding hydrogens is 230 g/mol. The first-order chi connectivity index (χ1) is 8.62. The molecule has 0 saturated carbocycles. The number of rotatable bonds is 8. The van der Waals surface area contributed by atoms with Crippen molar-refractivity contribution in [3.8, 4) is 0 Å². The van der Waals surface area contributed by atoms with Gasteiger partial charge in [0.25, 0.3) is 0 Å². The molecule has 1 saturated heterocycles. The molecule has 1 atom stereocenters. The molecule has 108 valence electrons. The summed E-state index contributed by atoms with van der Waals surface area (Å²) in [6.45, 7) is 9.82. The number of hydrogen-bond donors (Lipinski definition) is 1. The fourth-order valence-electron chi connectivity index (χ4n) is 2.66. The lowest BCUT2D eigenvalue weighted by molar-refractivity contribution is -0.0585. The van der Waals surface area contributed by atoms with Crippen LogP contribution in [-0.2, 0) is 9.47 Å². The molecule has 1 aliphatic heterocycles. The zero-order valence-corrected chi connectivity index (χ0v) is 12.2. The molecule has 1 unspecified atom stereocenters. The Morgan fingerprint density at radius 1 is 1.44 bits per heavy atom. The Hall–Kier alpha value is -0.160. The maximum absolute atomic E-state index is 9.71. The van der Waals surface area contributed by atoms with Gasteiger partial charge in [-0.1, -0.05) is 13.8 Å². The Morgan fingerprint density at radius 2 is 2.22 bits per heavy atom. The summed E-state index contributed by atoms with van der Waals surface area (Å²) in [4.78, 5) is 2.40. The predicted octanol–water partition coefficient (Wildman–Crippen LogP) is 1.38. The van der Waals surface area contributed by atoms with Crippen molar-refractivity contribution in [1.29, 1.82) is 0 Å². The molecule has 4 nitrogen and oxygen atoms in total. The highest BCUT2D eigenvalue weighted by atomic mass is 16.5. The number of aliphatic hydroxyl groups excluding tert-OH is 1. The van der Waals surface area contributed by atoms with Crippen molar-refractivity contribution >= 4 is 0 Å². The number of ether oxygens (including phenoxy) is 2. The summed E-state index contributed by atoms with van der Waals surface area (Å²) in [5, 5.41) is 9.71. The smallest absolute Gasteiger partial charge is 0.0589 e. The van der Waals surface area contributed by atoms with Crippen molar-refractivity contribution in [2.45, 2.75) is 26.7 Å². The van der Waals surface area contributed by atoms with E-state index >= 15 is 0 Å². The normalized spacial score (nSPS) is 25.0. The lowest BCUT2D eigenvalue weighted by atomic mass is 9.82. The Kier molecular flexibility index (Phi) is 7.15. The molecule has 0 aliphatic carbocycles. The van der Waals surface area contributed by atoms with Gasteiger partial charge in [0.15, 0.2) is 0 Å². The minimum atomic E-state index is -0.0686. The SMILES string of the molecule is COCCN(CC(C)C)CC1(CO)CCCOC1. The highest BCUT2D eigenvalue weighted by molar-refractivity contribution is 4.85. The first-order valence-corrected chi connectivity index (χ1v) is 7.02. The van der Waals surface area contributed by atoms with Crippen molar-refractivity contribution in [3.05, 3.63) is 0 Å². The van der Waals surface area contributed by atoms with Crippen molar-refractivity contribution in [2.75, 3.05) is 53.2 Å². The second-order valence-corrected chi connectivity index (χ2v) is 5.94. The van der Waals surface area contributed by atoms with Crippen molar-refractivity contribution in [2.24, 2.45) is 11.3 Å². The van der Waals surface area contributed by atoms with Gasteiger partial charge in [-0.15, -0.1) is 0 Å². The molecule has 0 radical (unpaired) electrons. The molecule has 18 heavy (non-hydrogen) atoms. The first kappa shape index (κ1) is 15.9. The summed E-state index contributed by atoms with van der Waals surface area (Å²) >= 11 is 0. The number of aliphatic hydroxyl groups is 1. The van der Waals surface area contributed by atoms with E-state index in [4.69, 9.17) is 9.47 Å². The molecule has 1 heterocycles. The Morgan fingerprint density at radius 3 is 2.72 bits per heavy atom. The minimum absolute atomic E-state index is 0.0686. The molecular formula is C14H29NO3. The van der Waals surface area contributed by atoms with Crippen LogP contribution in [0.5, 0.6) is 0 Å². The molecule has 0 aromatic rings. The minimum Gasteiger partial charge on any atom is -0.396 e. The topological polar surface area (TPSA) is 41.9 Å². The largest absolute Gasteiger partial charge is 0.396 e. The molecule has 1 N–H and O–H groups in total. The van der Waals surface area contributed by atoms with Gasteiger partial charge in [-0.3, -0.25) is 0 Å². The summed E-state index contributed by atoms with van der Waals surface area (Å²) in [6, 6.07) is 0. The number of nitrogens with zero attached hydrogens (tertiary/aromatic N) is 1. The molecule has 1 rings (SSSR count). The third-order valence-electron chi connectivity index (χ3n) is 3.53. The van der Waals surface area contributed by atoms with Crippen LogP contribution in [0.15, 0.2) is 0 Å². The summed E-state index contributed by atoms with van der Waals surface area (Å²) in [5.74, 6) is 0.627. The van der Waals surface area contributed by atoms with Crippen molar-refractivity contribution in [3.63, 3.8) is 0 Å². The van der Waals surface area contributed by atoms with E-state index in [-0.39, 0.29) is 12.0 Å². The van der Waals surface area contributed by atoms with Crippen LogP contribution in [0.1, 0.15) is 26.7 Å². The van der Waals surface area contributed by atoms with Gasteiger partial charge in [0, 0.05) is 38.8 Å². The van der Waals surface area contributed by atoms with Crippen LogP contribution in [0.2, 0.25) is 0 Å². The van der Waals surface area contributed by atoms with E-state index in [1.807, 2.05) is 0 Å². The molecule has 1 fully saturated rings. The van der Waals surface area contributed by atoms with E-state index in [0.29, 0.717) is 12.5 Å². The fraction of sp³-hybridized carbons (Fsp3) is 1.00. The quantitative estimate of drug-likeness (QED) is 0.715. The van der Waals surface area contributed by atoms with E-state index in [1.54, 1.807) is 7.11 Å². The van der Waals surface area contributed by atoms with Crippen LogP contribution in [0, 0.1) is 11.3 Å². The van der Waals surface area contributed by atoms with Crippen molar-refractivity contribution in [1.82, 2.24) is 4.90 Å². The summed E-state index contributed by atoms with van der Waals surface area (Å²) < 4.78 is 10.7. The monoisotopic (exact) mass is 259 g/mol. The van der Waals surface area contributed by atoms with Crippen LogP contribution < -0.4 is 0 Å². The molecule has 0 spiro atoms. The van der Waals surface area contributed by atoms with Gasteiger partial charge in [-0.05, 0) is 18.8 Å². The van der Waals surface area contributed by atoms with E-state index in [9.17, 15) is 5.11 Å². The van der Waals surface area contributed by atoms with Crippen molar-refractivity contribution < 1.29 is 14.6 Å². The lowest BCUT2D eigenvalue weighted by Gasteiger charge is -2.40. The van der Waals surface area contributed by atoms with Crippen LogP contribution in [0.25, 0.3) is 0 Å². The highest BCUT2D eigenvalue weighted by Crippen LogP contribution is 2.29. The predicted molar refractivity (Wildman–Crippen MR) is 72.7 cm³/mol. The standard InChI is InChI=1S/C14H29NO3/c1-13(2)9-15(6-8-17-3)10-14(11-16)5-4-7-18-12-14/h13,16H,4-12H2,1-3H3. The van der Waals surface area contributed by atoms with Crippen LogP contribution in [-0.4, -0.2) is 63.2 Å². The maximum Gasteiger partial charge on any atom is 0.0589 e. The highest BCUT2D eigenvalue weighted by Gasteiger charge is 2.34. The van der Waals surface area contributed by atoms with E-state index in [0.717, 1.165) is 45.7 Å². The molecule has 4 heteroatoms. The Bertz CT molecular complexity index is 215. The molecule has 0 amide bonds. The fourth-order valence-corrected chi connectivity index (χ4v) is 2.66. The second-order valence-electron chi connectivity index (χ2n) is 5.94. The molecule has 1 aliphatic rings. The zero-order chi connectivity index (χ0) is 13.4. The van der Waals surface area contributed by atoms with Gasteiger partial charge in [0.05, 0.1) is 19.8 Å². The zero-order valence-electron chi connectivity index (χ0n) is 12.2. The van der Waals surface area contributed by atoms with Gasteiger partial charge < -0.3 is 19.5 Å². The van der Waals surface area contributed by atoms with Gasteiger partial charge in [-0.25, -0.2) is 0 Å². The second kappa shape index (κ2) is 8.10. The Labute approximate surface area is 111 Å². The van der Waals surface area contributed by atoms with E-state index in [2.05, 4.69) is 18.7 Å². The van der Waals surface area contributed by atoms with Crippen LogP contribution in [0.3, 0.4) is 0 Å². The van der Waals surface area contributed by atoms with Crippen LogP contribution >= 0.6 is 0 Å². The Balaban J connectivity index is 2.54. The van der Waals surface area contributed by atoms with Gasteiger partial charge in [-0.2, -0.15) is 0 Å². The summed E-state index contributed by atoms with van der Waals surface area (Å²) in [7, 11) is 1.74. The number of methoxy groups -OCH3 is 1. The third kappa shape index (κ3) is 5.22. The first-order valence-electron chi connectivity index (χ1n) is 7.02. The van der Waals surface area contributed by atoms with E-state index < -0.39 is 0 Å². The van der Waals surface area contributed by atoms with Gasteiger partial charge >= 0.3 is 0 Å². The van der Waals surface area contributed by atoms with Gasteiger partial charge in [0.1, 0.15) is 0 Å². The van der Waals surface area contributed by atoms with Gasteiger partial charge in [0.2, 0.25) is 0 Å².